The van der Waals surface area contributed by atoms with Gasteiger partial charge >= 0.3 is 0 Å². The second-order valence-electron chi connectivity index (χ2n) is 8.57. The first-order valence-electron chi connectivity index (χ1n) is 10.5. The van der Waals surface area contributed by atoms with Crippen molar-refractivity contribution < 1.29 is 13.2 Å². The summed E-state index contributed by atoms with van der Waals surface area (Å²) >= 11 is 0. The second-order valence-corrected chi connectivity index (χ2v) is 10.3. The van der Waals surface area contributed by atoms with E-state index in [1.165, 1.54) is 0 Å². The maximum absolute atomic E-state index is 13.0. The first-order valence-corrected chi connectivity index (χ1v) is 12.0. The van der Waals surface area contributed by atoms with Crippen LogP contribution in [0.3, 0.4) is 0 Å². The van der Waals surface area contributed by atoms with Crippen LogP contribution in [-0.4, -0.2) is 20.4 Å². The van der Waals surface area contributed by atoms with Crippen LogP contribution in [0.4, 0.5) is 5.69 Å². The van der Waals surface area contributed by atoms with E-state index in [4.69, 9.17) is 0 Å². The van der Waals surface area contributed by atoms with Crippen LogP contribution in [0.5, 0.6) is 0 Å². The third-order valence-corrected chi connectivity index (χ3v) is 7.86. The van der Waals surface area contributed by atoms with Crippen molar-refractivity contribution in [1.29, 1.82) is 0 Å². The molecule has 2 N–H and O–H groups in total. The topological polar surface area (TPSA) is 75.3 Å². The van der Waals surface area contributed by atoms with E-state index >= 15 is 0 Å². The van der Waals surface area contributed by atoms with Crippen LogP contribution in [0, 0.1) is 0 Å². The number of amides is 1. The number of carbonyl (C=O) groups is 1. The largest absolute Gasteiger partial charge is 0.325 e. The number of hydrogen-bond donors (Lipinski definition) is 2. The van der Waals surface area contributed by atoms with E-state index in [2.05, 4.69) is 16.6 Å². The van der Waals surface area contributed by atoms with E-state index in [1.807, 2.05) is 31.2 Å². The summed E-state index contributed by atoms with van der Waals surface area (Å²) in [6, 6.07) is 12.8. The van der Waals surface area contributed by atoms with Crippen molar-refractivity contribution in [3.8, 4) is 0 Å². The Hall–Kier alpha value is -2.44. The maximum Gasteiger partial charge on any atom is 0.240 e. The highest BCUT2D eigenvalue weighted by Gasteiger charge is 2.43. The lowest BCUT2D eigenvalue weighted by Gasteiger charge is -2.24. The van der Waals surface area contributed by atoms with Crippen molar-refractivity contribution in [2.24, 2.45) is 0 Å². The lowest BCUT2D eigenvalue weighted by Crippen LogP contribution is -2.36. The molecular formula is C24H28N2O3S. The van der Waals surface area contributed by atoms with Gasteiger partial charge in [-0.15, -0.1) is 0 Å². The lowest BCUT2D eigenvalue weighted by atomic mass is 9.78. The molecule has 1 heterocycles. The smallest absolute Gasteiger partial charge is 0.240 e. The average Bonchev–Trinajstić information content (AvgIpc) is 2.98. The molecule has 1 atom stereocenters. The summed E-state index contributed by atoms with van der Waals surface area (Å²) in [4.78, 5) is 13.1. The Morgan fingerprint density at radius 2 is 1.83 bits per heavy atom. The number of nitrogens with one attached hydrogen (secondary N) is 2. The van der Waals surface area contributed by atoms with Crippen LogP contribution >= 0.6 is 0 Å². The van der Waals surface area contributed by atoms with Gasteiger partial charge in [-0.25, -0.2) is 13.1 Å². The molecule has 4 rings (SSSR count). The van der Waals surface area contributed by atoms with Gasteiger partial charge in [0.15, 0.2) is 0 Å². The van der Waals surface area contributed by atoms with Gasteiger partial charge in [0.2, 0.25) is 15.9 Å². The molecule has 0 aromatic heterocycles. The average molecular weight is 425 g/mol. The van der Waals surface area contributed by atoms with Gasteiger partial charge in [0.1, 0.15) is 0 Å². The summed E-state index contributed by atoms with van der Waals surface area (Å²) in [5.41, 5.74) is 2.61. The Labute approximate surface area is 178 Å². The highest BCUT2D eigenvalue weighted by Crippen LogP contribution is 2.41. The van der Waals surface area contributed by atoms with Crippen LogP contribution in [0.15, 0.2) is 53.9 Å². The van der Waals surface area contributed by atoms with E-state index in [0.29, 0.717) is 12.1 Å². The predicted octanol–water partition coefficient (Wildman–Crippen LogP) is 4.39. The first-order chi connectivity index (χ1) is 14.3. The zero-order valence-corrected chi connectivity index (χ0v) is 18.1. The molecule has 0 bridgehead atoms. The fourth-order valence-corrected chi connectivity index (χ4v) is 5.83. The van der Waals surface area contributed by atoms with Gasteiger partial charge in [0.25, 0.3) is 0 Å². The standard InChI is InChI=1S/C24H28N2O3S/c1-3-17-9-11-18(12-10-17)16-24(2)21-15-20(13-14-22(21)25-23(24)27)30(28,29)26-19-7-5-4-6-8-19/h3,9-15,19,26H,1,4-8,16H2,2H3,(H,25,27). The van der Waals surface area contributed by atoms with Gasteiger partial charge in [-0.3, -0.25) is 4.79 Å². The monoisotopic (exact) mass is 424 g/mol. The zero-order chi connectivity index (χ0) is 21.4. The number of carbonyl (C=O) groups excluding carboxylic acids is 1. The van der Waals surface area contributed by atoms with Crippen molar-refractivity contribution in [1.82, 2.24) is 4.72 Å². The van der Waals surface area contributed by atoms with Crippen molar-refractivity contribution >= 4 is 27.7 Å². The Morgan fingerprint density at radius 3 is 2.50 bits per heavy atom. The number of benzene rings is 2. The molecule has 1 saturated carbocycles. The van der Waals surface area contributed by atoms with Crippen molar-refractivity contribution in [3.05, 3.63) is 65.7 Å². The van der Waals surface area contributed by atoms with Crippen LogP contribution in [0.25, 0.3) is 6.08 Å². The third kappa shape index (κ3) is 3.94. The van der Waals surface area contributed by atoms with Crippen molar-refractivity contribution in [2.45, 2.75) is 61.8 Å². The van der Waals surface area contributed by atoms with Gasteiger partial charge in [0.05, 0.1) is 10.3 Å². The molecule has 5 nitrogen and oxygen atoms in total. The fraction of sp³-hybridized carbons (Fsp3) is 0.375. The number of hydrogen-bond acceptors (Lipinski definition) is 3. The highest BCUT2D eigenvalue weighted by atomic mass is 32.2. The third-order valence-electron chi connectivity index (χ3n) is 6.35. The summed E-state index contributed by atoms with van der Waals surface area (Å²) in [5.74, 6) is -0.111. The molecule has 1 amide bonds. The summed E-state index contributed by atoms with van der Waals surface area (Å²) < 4.78 is 28.9. The Kier molecular flexibility index (Phi) is 5.55. The van der Waals surface area contributed by atoms with Crippen LogP contribution in [-0.2, 0) is 26.7 Å². The molecule has 1 aliphatic heterocycles. The molecular weight excluding hydrogens is 396 g/mol. The number of anilines is 1. The zero-order valence-electron chi connectivity index (χ0n) is 17.3. The van der Waals surface area contributed by atoms with Gasteiger partial charge in [0, 0.05) is 11.7 Å². The normalized spacial score (nSPS) is 21.8. The molecule has 30 heavy (non-hydrogen) atoms. The molecule has 2 aromatic carbocycles. The Morgan fingerprint density at radius 1 is 1.13 bits per heavy atom. The van der Waals surface area contributed by atoms with E-state index in [1.54, 1.807) is 24.3 Å². The molecule has 0 saturated heterocycles. The first kappa shape index (κ1) is 20.8. The molecule has 0 radical (unpaired) electrons. The maximum atomic E-state index is 13.0. The summed E-state index contributed by atoms with van der Waals surface area (Å²) in [6.07, 6.45) is 7.29. The molecule has 1 aliphatic carbocycles. The molecule has 2 aromatic rings. The van der Waals surface area contributed by atoms with E-state index in [-0.39, 0.29) is 16.8 Å². The quantitative estimate of drug-likeness (QED) is 0.722. The number of fused-ring (bicyclic) bond motifs is 1. The van der Waals surface area contributed by atoms with Gasteiger partial charge in [-0.1, -0.05) is 56.2 Å². The molecule has 0 spiro atoms. The number of sulfonamides is 1. The lowest BCUT2D eigenvalue weighted by molar-refractivity contribution is -0.120. The Balaban J connectivity index is 1.63. The minimum Gasteiger partial charge on any atom is -0.325 e. The van der Waals surface area contributed by atoms with Crippen molar-refractivity contribution in [3.63, 3.8) is 0 Å². The van der Waals surface area contributed by atoms with E-state index in [0.717, 1.165) is 48.8 Å². The summed E-state index contributed by atoms with van der Waals surface area (Å²) in [7, 11) is -3.63. The molecule has 158 valence electrons. The predicted molar refractivity (Wildman–Crippen MR) is 120 cm³/mol. The summed E-state index contributed by atoms with van der Waals surface area (Å²) in [5, 5.41) is 2.92. The highest BCUT2D eigenvalue weighted by molar-refractivity contribution is 7.89. The van der Waals surface area contributed by atoms with Gasteiger partial charge in [-0.05, 0) is 61.1 Å². The number of rotatable bonds is 6. The molecule has 1 fully saturated rings. The van der Waals surface area contributed by atoms with E-state index in [9.17, 15) is 13.2 Å². The van der Waals surface area contributed by atoms with Crippen LogP contribution in [0.1, 0.15) is 55.7 Å². The van der Waals surface area contributed by atoms with E-state index < -0.39 is 15.4 Å². The van der Waals surface area contributed by atoms with Crippen LogP contribution in [0.2, 0.25) is 0 Å². The minimum absolute atomic E-state index is 0.00785. The van der Waals surface area contributed by atoms with Crippen LogP contribution < -0.4 is 10.0 Å². The summed E-state index contributed by atoms with van der Waals surface area (Å²) in [6.45, 7) is 5.64. The minimum atomic E-state index is -3.63. The Bertz CT molecular complexity index is 1070. The van der Waals surface area contributed by atoms with Gasteiger partial charge < -0.3 is 5.32 Å². The van der Waals surface area contributed by atoms with Crippen molar-refractivity contribution in [2.75, 3.05) is 5.32 Å². The molecule has 2 aliphatic rings. The molecule has 6 heteroatoms. The molecule has 1 unspecified atom stereocenters. The SMILES string of the molecule is C=Cc1ccc(CC2(C)C(=O)Nc3ccc(S(=O)(=O)NC4CCCCC4)cc32)cc1. The fourth-order valence-electron chi connectivity index (χ4n) is 4.50. The second kappa shape index (κ2) is 8.00. The van der Waals surface area contributed by atoms with Gasteiger partial charge in [-0.2, -0.15) is 0 Å².